The van der Waals surface area contributed by atoms with Gasteiger partial charge in [-0.05, 0) is 19.8 Å². The summed E-state index contributed by atoms with van der Waals surface area (Å²) < 4.78 is 5.66. The van der Waals surface area contributed by atoms with Crippen LogP contribution >= 0.6 is 22.9 Å². The van der Waals surface area contributed by atoms with E-state index in [4.69, 9.17) is 16.3 Å². The number of hydrogen-bond donors (Lipinski definition) is 0. The minimum Gasteiger partial charge on any atom is -0.377 e. The molecule has 0 saturated carbocycles. The van der Waals surface area contributed by atoms with Crippen molar-refractivity contribution < 1.29 is 4.74 Å². The first-order valence-corrected chi connectivity index (χ1v) is 7.50. The van der Waals surface area contributed by atoms with E-state index >= 15 is 0 Å². The van der Waals surface area contributed by atoms with Crippen LogP contribution in [0.4, 0.5) is 0 Å². The van der Waals surface area contributed by atoms with Crippen LogP contribution in [-0.2, 0) is 11.3 Å². The third-order valence-electron chi connectivity index (χ3n) is 3.02. The summed E-state index contributed by atoms with van der Waals surface area (Å²) >= 11 is 7.34. The van der Waals surface area contributed by atoms with Crippen LogP contribution in [0.2, 0.25) is 0 Å². The smallest absolute Gasteiger partial charge is 0.0897 e. The molecule has 0 radical (unpaired) electrons. The molecular formula is C12H19ClN2OS. The van der Waals surface area contributed by atoms with E-state index < -0.39 is 0 Å². The number of aryl methyl sites for hydroxylation is 1. The Kier molecular flexibility index (Phi) is 5.22. The Bertz CT molecular complexity index is 337. The Hall–Kier alpha value is -0.160. The minimum atomic E-state index is 0.405. The summed E-state index contributed by atoms with van der Waals surface area (Å²) in [6, 6.07) is 0. The van der Waals surface area contributed by atoms with E-state index in [9.17, 15) is 0 Å². The number of likely N-dealkylation sites (tertiary alicyclic amines) is 1. The Labute approximate surface area is 112 Å². The molecule has 1 fully saturated rings. The lowest BCUT2D eigenvalue weighted by molar-refractivity contribution is 0.0132. The van der Waals surface area contributed by atoms with Crippen LogP contribution in [0.5, 0.6) is 0 Å². The van der Waals surface area contributed by atoms with Crippen molar-refractivity contribution in [1.82, 2.24) is 9.88 Å². The molecule has 1 aliphatic rings. The predicted molar refractivity (Wildman–Crippen MR) is 71.8 cm³/mol. The zero-order valence-corrected chi connectivity index (χ0v) is 11.8. The van der Waals surface area contributed by atoms with Gasteiger partial charge in [0.15, 0.2) is 0 Å². The molecule has 0 atom stereocenters. The summed E-state index contributed by atoms with van der Waals surface area (Å²) in [6.07, 6.45) is 2.63. The molecule has 5 heteroatoms. The average molecular weight is 275 g/mol. The monoisotopic (exact) mass is 274 g/mol. The largest absolute Gasteiger partial charge is 0.377 e. The number of aromatic nitrogens is 1. The highest BCUT2D eigenvalue weighted by Crippen LogP contribution is 2.17. The first-order valence-electron chi connectivity index (χ1n) is 6.09. The van der Waals surface area contributed by atoms with Crippen LogP contribution in [0, 0.1) is 6.92 Å². The quantitative estimate of drug-likeness (QED) is 0.772. The SMILES string of the molecule is Cc1nc(CN2CCC(OCCCl)CC2)cs1. The summed E-state index contributed by atoms with van der Waals surface area (Å²) in [5, 5.41) is 3.31. The lowest BCUT2D eigenvalue weighted by Crippen LogP contribution is -2.36. The number of rotatable bonds is 5. The molecular weight excluding hydrogens is 256 g/mol. The zero-order valence-electron chi connectivity index (χ0n) is 10.2. The van der Waals surface area contributed by atoms with Gasteiger partial charge in [0, 0.05) is 30.9 Å². The van der Waals surface area contributed by atoms with Gasteiger partial charge in [-0.25, -0.2) is 4.98 Å². The maximum Gasteiger partial charge on any atom is 0.0897 e. The van der Waals surface area contributed by atoms with Crippen molar-refractivity contribution in [2.45, 2.75) is 32.4 Å². The van der Waals surface area contributed by atoms with Crippen molar-refractivity contribution in [1.29, 1.82) is 0 Å². The Balaban J connectivity index is 1.72. The van der Waals surface area contributed by atoms with Gasteiger partial charge in [-0.1, -0.05) is 0 Å². The van der Waals surface area contributed by atoms with Gasteiger partial charge in [-0.2, -0.15) is 0 Å². The Morgan fingerprint density at radius 3 is 2.88 bits per heavy atom. The number of halogens is 1. The molecule has 2 heterocycles. The van der Waals surface area contributed by atoms with Crippen LogP contribution in [0.25, 0.3) is 0 Å². The topological polar surface area (TPSA) is 25.4 Å². The van der Waals surface area contributed by atoms with E-state index in [-0.39, 0.29) is 0 Å². The highest BCUT2D eigenvalue weighted by atomic mass is 35.5. The average Bonchev–Trinajstić information content (AvgIpc) is 2.74. The lowest BCUT2D eigenvalue weighted by Gasteiger charge is -2.31. The van der Waals surface area contributed by atoms with Gasteiger partial charge < -0.3 is 4.74 Å². The van der Waals surface area contributed by atoms with E-state index in [1.165, 1.54) is 5.69 Å². The van der Waals surface area contributed by atoms with Gasteiger partial charge in [0.05, 0.1) is 23.4 Å². The minimum absolute atomic E-state index is 0.405. The molecule has 1 aliphatic heterocycles. The van der Waals surface area contributed by atoms with E-state index in [0.29, 0.717) is 18.6 Å². The van der Waals surface area contributed by atoms with E-state index in [1.54, 1.807) is 11.3 Å². The normalized spacial score (nSPS) is 18.7. The van der Waals surface area contributed by atoms with E-state index in [2.05, 4.69) is 22.2 Å². The van der Waals surface area contributed by atoms with Crippen molar-refractivity contribution >= 4 is 22.9 Å². The highest BCUT2D eigenvalue weighted by molar-refractivity contribution is 7.09. The molecule has 1 saturated heterocycles. The van der Waals surface area contributed by atoms with Crippen LogP contribution in [-0.4, -0.2) is 41.6 Å². The third kappa shape index (κ3) is 4.21. The standard InChI is InChI=1S/C12H19ClN2OS/c1-10-14-11(9-17-10)8-15-5-2-12(3-6-15)16-7-4-13/h9,12H,2-8H2,1H3. The maximum atomic E-state index is 5.66. The molecule has 0 aliphatic carbocycles. The van der Waals surface area contributed by atoms with Crippen LogP contribution in [0.15, 0.2) is 5.38 Å². The number of hydrogen-bond acceptors (Lipinski definition) is 4. The Morgan fingerprint density at radius 2 is 2.29 bits per heavy atom. The molecule has 17 heavy (non-hydrogen) atoms. The molecule has 0 bridgehead atoms. The van der Waals surface area contributed by atoms with Gasteiger partial charge in [0.1, 0.15) is 0 Å². The first kappa shape index (κ1) is 13.3. The second-order valence-electron chi connectivity index (χ2n) is 4.39. The zero-order chi connectivity index (χ0) is 12.1. The Morgan fingerprint density at radius 1 is 1.53 bits per heavy atom. The molecule has 3 nitrogen and oxygen atoms in total. The highest BCUT2D eigenvalue weighted by Gasteiger charge is 2.19. The number of alkyl halides is 1. The molecule has 96 valence electrons. The number of thiazole rings is 1. The summed E-state index contributed by atoms with van der Waals surface area (Å²) in [6.45, 7) is 5.91. The van der Waals surface area contributed by atoms with Gasteiger partial charge in [0.2, 0.25) is 0 Å². The van der Waals surface area contributed by atoms with Crippen molar-refractivity contribution in [2.24, 2.45) is 0 Å². The third-order valence-corrected chi connectivity index (χ3v) is 3.99. The molecule has 0 N–H and O–H groups in total. The fourth-order valence-electron chi connectivity index (χ4n) is 2.16. The molecule has 0 spiro atoms. The fraction of sp³-hybridized carbons (Fsp3) is 0.750. The van der Waals surface area contributed by atoms with Gasteiger partial charge in [-0.3, -0.25) is 4.90 Å². The van der Waals surface area contributed by atoms with Crippen molar-refractivity contribution in [2.75, 3.05) is 25.6 Å². The maximum absolute atomic E-state index is 5.66. The molecule has 0 unspecified atom stereocenters. The van der Waals surface area contributed by atoms with Crippen LogP contribution in [0.1, 0.15) is 23.5 Å². The van der Waals surface area contributed by atoms with Crippen molar-refractivity contribution in [3.63, 3.8) is 0 Å². The van der Waals surface area contributed by atoms with Crippen molar-refractivity contribution in [3.8, 4) is 0 Å². The molecule has 2 rings (SSSR count). The summed E-state index contributed by atoms with van der Waals surface area (Å²) in [4.78, 5) is 6.95. The molecule has 1 aromatic rings. The van der Waals surface area contributed by atoms with Crippen molar-refractivity contribution in [3.05, 3.63) is 16.1 Å². The predicted octanol–water partition coefficient (Wildman–Crippen LogP) is 2.67. The second kappa shape index (κ2) is 6.69. The van der Waals surface area contributed by atoms with Crippen LogP contribution in [0.3, 0.4) is 0 Å². The molecule has 0 aromatic carbocycles. The fourth-order valence-corrected chi connectivity index (χ4v) is 2.85. The lowest BCUT2D eigenvalue weighted by atomic mass is 10.1. The number of piperidine rings is 1. The summed E-state index contributed by atoms with van der Waals surface area (Å²) in [5.74, 6) is 0.596. The molecule has 0 amide bonds. The van der Waals surface area contributed by atoms with Crippen LogP contribution < -0.4 is 0 Å². The first-order chi connectivity index (χ1) is 8.28. The molecule has 1 aromatic heterocycles. The number of nitrogens with zero attached hydrogens (tertiary/aromatic N) is 2. The number of ether oxygens (including phenoxy) is 1. The van der Waals surface area contributed by atoms with Gasteiger partial charge >= 0.3 is 0 Å². The van der Waals surface area contributed by atoms with E-state index in [0.717, 1.165) is 37.5 Å². The summed E-state index contributed by atoms with van der Waals surface area (Å²) in [7, 11) is 0. The second-order valence-corrected chi connectivity index (χ2v) is 5.83. The summed E-state index contributed by atoms with van der Waals surface area (Å²) in [5.41, 5.74) is 1.20. The van der Waals surface area contributed by atoms with E-state index in [1.807, 2.05) is 0 Å². The van der Waals surface area contributed by atoms with Gasteiger partial charge in [-0.15, -0.1) is 22.9 Å². The van der Waals surface area contributed by atoms with Gasteiger partial charge in [0.25, 0.3) is 0 Å².